The van der Waals surface area contributed by atoms with Gasteiger partial charge in [0.05, 0.1) is 24.6 Å². The van der Waals surface area contributed by atoms with E-state index in [0.29, 0.717) is 17.0 Å². The van der Waals surface area contributed by atoms with Crippen molar-refractivity contribution < 1.29 is 14.6 Å². The minimum Gasteiger partial charge on any atom is -0.497 e. The van der Waals surface area contributed by atoms with E-state index in [4.69, 9.17) is 9.84 Å². The average Bonchev–Trinajstić information content (AvgIpc) is 2.39. The van der Waals surface area contributed by atoms with Crippen LogP contribution in [0.3, 0.4) is 0 Å². The molecule has 0 bridgehead atoms. The second-order valence-electron chi connectivity index (χ2n) is 3.31. The normalized spacial score (nSPS) is 9.94. The molecule has 0 aliphatic rings. The fourth-order valence-corrected chi connectivity index (χ4v) is 1.49. The van der Waals surface area contributed by atoms with Crippen LogP contribution in [-0.4, -0.2) is 28.2 Å². The fourth-order valence-electron chi connectivity index (χ4n) is 1.49. The van der Waals surface area contributed by atoms with Crippen molar-refractivity contribution in [3.63, 3.8) is 0 Å². The van der Waals surface area contributed by atoms with Crippen LogP contribution >= 0.6 is 0 Å². The summed E-state index contributed by atoms with van der Waals surface area (Å²) >= 11 is 0. The van der Waals surface area contributed by atoms with Crippen LogP contribution < -0.4 is 4.74 Å². The highest BCUT2D eigenvalue weighted by atomic mass is 16.5. The molecular weight excluding hydrogens is 220 g/mol. The van der Waals surface area contributed by atoms with Crippen molar-refractivity contribution in [1.82, 2.24) is 9.97 Å². The van der Waals surface area contributed by atoms with Crippen molar-refractivity contribution >= 4 is 5.97 Å². The van der Waals surface area contributed by atoms with Crippen LogP contribution in [0.5, 0.6) is 5.75 Å². The van der Waals surface area contributed by atoms with E-state index in [9.17, 15) is 4.79 Å². The van der Waals surface area contributed by atoms with E-state index in [1.807, 2.05) is 0 Å². The van der Waals surface area contributed by atoms with Gasteiger partial charge in [0.1, 0.15) is 5.75 Å². The molecule has 0 saturated carbocycles. The minimum atomic E-state index is -1.02. The molecule has 1 heterocycles. The van der Waals surface area contributed by atoms with Crippen molar-refractivity contribution in [3.8, 4) is 17.0 Å². The third-order valence-electron chi connectivity index (χ3n) is 2.30. The number of carboxylic acids is 1. The number of aromatic carboxylic acids is 1. The first-order valence-corrected chi connectivity index (χ1v) is 4.90. The summed E-state index contributed by atoms with van der Waals surface area (Å²) < 4.78 is 5.00. The molecule has 5 heteroatoms. The highest BCUT2D eigenvalue weighted by molar-refractivity contribution is 5.95. The van der Waals surface area contributed by atoms with Crippen molar-refractivity contribution in [2.24, 2.45) is 0 Å². The number of benzene rings is 1. The molecule has 0 saturated heterocycles. The third-order valence-corrected chi connectivity index (χ3v) is 2.30. The SMILES string of the molecule is COc1ccc(-c2cnccn2)c(C(=O)O)c1. The molecule has 0 aliphatic carbocycles. The Hall–Kier alpha value is -2.43. The van der Waals surface area contributed by atoms with Crippen LogP contribution in [0.15, 0.2) is 36.8 Å². The highest BCUT2D eigenvalue weighted by Gasteiger charge is 2.13. The quantitative estimate of drug-likeness (QED) is 0.871. The van der Waals surface area contributed by atoms with E-state index < -0.39 is 5.97 Å². The number of aromatic nitrogens is 2. The lowest BCUT2D eigenvalue weighted by Gasteiger charge is -2.07. The van der Waals surface area contributed by atoms with Crippen molar-refractivity contribution in [2.45, 2.75) is 0 Å². The van der Waals surface area contributed by atoms with Gasteiger partial charge in [-0.25, -0.2) is 4.79 Å². The number of nitrogens with zero attached hydrogens (tertiary/aromatic N) is 2. The molecule has 17 heavy (non-hydrogen) atoms. The molecule has 0 aliphatic heterocycles. The second kappa shape index (κ2) is 4.61. The van der Waals surface area contributed by atoms with E-state index >= 15 is 0 Å². The standard InChI is InChI=1S/C12H10N2O3/c1-17-8-2-3-9(10(6-8)12(15)16)11-7-13-4-5-14-11/h2-7H,1H3,(H,15,16). The summed E-state index contributed by atoms with van der Waals surface area (Å²) in [5, 5.41) is 9.14. The Morgan fingerprint density at radius 1 is 1.35 bits per heavy atom. The predicted octanol–water partition coefficient (Wildman–Crippen LogP) is 1.85. The Labute approximate surface area is 97.7 Å². The zero-order valence-corrected chi connectivity index (χ0v) is 9.12. The molecule has 2 aromatic rings. The van der Waals surface area contributed by atoms with Gasteiger partial charge in [0.2, 0.25) is 0 Å². The summed E-state index contributed by atoms with van der Waals surface area (Å²) in [6, 6.07) is 4.81. The van der Waals surface area contributed by atoms with E-state index in [1.54, 1.807) is 12.1 Å². The van der Waals surface area contributed by atoms with Gasteiger partial charge in [-0.15, -0.1) is 0 Å². The average molecular weight is 230 g/mol. The van der Waals surface area contributed by atoms with Gasteiger partial charge in [0.15, 0.2) is 0 Å². The molecule has 5 nitrogen and oxygen atoms in total. The van der Waals surface area contributed by atoms with Crippen LogP contribution in [0, 0.1) is 0 Å². The maximum absolute atomic E-state index is 11.2. The molecule has 0 radical (unpaired) electrons. The summed E-state index contributed by atoms with van der Waals surface area (Å²) in [5.41, 5.74) is 1.18. The zero-order chi connectivity index (χ0) is 12.3. The molecule has 0 amide bonds. The third kappa shape index (κ3) is 2.23. The Balaban J connectivity index is 2.58. The van der Waals surface area contributed by atoms with Gasteiger partial charge in [-0.2, -0.15) is 0 Å². The van der Waals surface area contributed by atoms with Crippen LogP contribution in [-0.2, 0) is 0 Å². The largest absolute Gasteiger partial charge is 0.497 e. The number of carboxylic acid groups (broad SMARTS) is 1. The zero-order valence-electron chi connectivity index (χ0n) is 9.12. The van der Waals surface area contributed by atoms with Crippen LogP contribution in [0.1, 0.15) is 10.4 Å². The van der Waals surface area contributed by atoms with E-state index in [1.165, 1.54) is 31.8 Å². The van der Waals surface area contributed by atoms with Gasteiger partial charge in [0.25, 0.3) is 0 Å². The van der Waals surface area contributed by atoms with Crippen molar-refractivity contribution in [1.29, 1.82) is 0 Å². The molecule has 0 atom stereocenters. The monoisotopic (exact) mass is 230 g/mol. The molecule has 0 unspecified atom stereocenters. The van der Waals surface area contributed by atoms with Crippen molar-refractivity contribution in [3.05, 3.63) is 42.4 Å². The number of methoxy groups -OCH3 is 1. The summed E-state index contributed by atoms with van der Waals surface area (Å²) in [4.78, 5) is 19.2. The first kappa shape index (κ1) is 11.1. The van der Waals surface area contributed by atoms with Crippen LogP contribution in [0.25, 0.3) is 11.3 Å². The molecule has 86 valence electrons. The summed E-state index contributed by atoms with van der Waals surface area (Å²) in [6.45, 7) is 0. The lowest BCUT2D eigenvalue weighted by Crippen LogP contribution is -2.01. The van der Waals surface area contributed by atoms with Gasteiger partial charge in [-0.1, -0.05) is 0 Å². The summed E-state index contributed by atoms with van der Waals surface area (Å²) in [7, 11) is 1.49. The Morgan fingerprint density at radius 2 is 2.18 bits per heavy atom. The number of ether oxygens (including phenoxy) is 1. The summed E-state index contributed by atoms with van der Waals surface area (Å²) in [5.74, 6) is -0.528. The van der Waals surface area contributed by atoms with Gasteiger partial charge in [-0.3, -0.25) is 9.97 Å². The molecular formula is C12H10N2O3. The molecule has 1 aromatic carbocycles. The second-order valence-corrected chi connectivity index (χ2v) is 3.31. The summed E-state index contributed by atoms with van der Waals surface area (Å²) in [6.07, 6.45) is 4.58. The van der Waals surface area contributed by atoms with Gasteiger partial charge in [-0.05, 0) is 18.2 Å². The number of carbonyl (C=O) groups is 1. The van der Waals surface area contributed by atoms with E-state index in [0.717, 1.165) is 0 Å². The van der Waals surface area contributed by atoms with E-state index in [2.05, 4.69) is 9.97 Å². The molecule has 1 N–H and O–H groups in total. The lowest BCUT2D eigenvalue weighted by atomic mass is 10.0. The molecule has 0 fully saturated rings. The first-order valence-electron chi connectivity index (χ1n) is 4.90. The minimum absolute atomic E-state index is 0.143. The number of rotatable bonds is 3. The predicted molar refractivity (Wildman–Crippen MR) is 61.0 cm³/mol. The lowest BCUT2D eigenvalue weighted by molar-refractivity contribution is 0.0697. The van der Waals surface area contributed by atoms with Gasteiger partial charge >= 0.3 is 5.97 Å². The number of hydrogen-bond acceptors (Lipinski definition) is 4. The van der Waals surface area contributed by atoms with Crippen LogP contribution in [0.2, 0.25) is 0 Å². The van der Waals surface area contributed by atoms with Gasteiger partial charge in [0, 0.05) is 18.0 Å². The Bertz CT molecular complexity index is 541. The maximum Gasteiger partial charge on any atom is 0.336 e. The fraction of sp³-hybridized carbons (Fsp3) is 0.0833. The molecule has 2 rings (SSSR count). The maximum atomic E-state index is 11.2. The van der Waals surface area contributed by atoms with Crippen LogP contribution in [0.4, 0.5) is 0 Å². The highest BCUT2D eigenvalue weighted by Crippen LogP contribution is 2.25. The molecule has 1 aromatic heterocycles. The smallest absolute Gasteiger partial charge is 0.336 e. The Morgan fingerprint density at radius 3 is 2.76 bits per heavy atom. The molecule has 0 spiro atoms. The Kier molecular flexibility index (Phi) is 3.00. The van der Waals surface area contributed by atoms with E-state index in [-0.39, 0.29) is 5.56 Å². The number of hydrogen-bond donors (Lipinski definition) is 1. The topological polar surface area (TPSA) is 72.3 Å². The van der Waals surface area contributed by atoms with Crippen molar-refractivity contribution in [2.75, 3.05) is 7.11 Å². The first-order chi connectivity index (χ1) is 8.22. The van der Waals surface area contributed by atoms with Gasteiger partial charge < -0.3 is 9.84 Å².